The van der Waals surface area contributed by atoms with Gasteiger partial charge in [0.25, 0.3) is 0 Å². The topological polar surface area (TPSA) is 64.3 Å². The average Bonchev–Trinajstić information content (AvgIpc) is 3.15. The molecule has 2 atom stereocenters. The molecule has 2 aromatic heterocycles. The number of hydrogen-bond donors (Lipinski definition) is 1. The molecule has 2 fully saturated rings. The Kier molecular flexibility index (Phi) is 3.18. The molecule has 0 spiro atoms. The summed E-state index contributed by atoms with van der Waals surface area (Å²) in [6, 6.07) is 0.350. The van der Waals surface area contributed by atoms with E-state index in [0.29, 0.717) is 6.04 Å². The number of aromatic nitrogens is 4. The first-order valence-electron chi connectivity index (χ1n) is 6.56. The fourth-order valence-electron chi connectivity index (χ4n) is 2.49. The summed E-state index contributed by atoms with van der Waals surface area (Å²) in [4.78, 5) is 0.873. The van der Waals surface area contributed by atoms with E-state index in [2.05, 4.69) is 15.5 Å². The van der Waals surface area contributed by atoms with Crippen LogP contribution >= 0.6 is 23.1 Å². The quantitative estimate of drug-likeness (QED) is 0.904. The summed E-state index contributed by atoms with van der Waals surface area (Å²) < 4.78 is 7.55. The second-order valence-electron chi connectivity index (χ2n) is 4.78. The molecule has 2 unspecified atom stereocenters. The van der Waals surface area contributed by atoms with Gasteiger partial charge in [0.05, 0.1) is 6.04 Å². The molecule has 2 aliphatic rings. The van der Waals surface area contributed by atoms with E-state index in [1.807, 2.05) is 16.3 Å². The van der Waals surface area contributed by atoms with E-state index in [-0.39, 0.29) is 6.10 Å². The zero-order valence-corrected chi connectivity index (χ0v) is 12.0. The van der Waals surface area contributed by atoms with Gasteiger partial charge in [0.2, 0.25) is 4.96 Å². The molecule has 0 saturated carbocycles. The molecule has 2 aliphatic heterocycles. The lowest BCUT2D eigenvalue weighted by molar-refractivity contribution is 0.103. The van der Waals surface area contributed by atoms with Gasteiger partial charge in [-0.3, -0.25) is 0 Å². The number of nitrogens with zero attached hydrogens (tertiary/aromatic N) is 4. The predicted molar refractivity (Wildman–Crippen MR) is 74.7 cm³/mol. The molecule has 8 heteroatoms. The van der Waals surface area contributed by atoms with E-state index in [0.717, 1.165) is 47.5 Å². The van der Waals surface area contributed by atoms with Crippen molar-refractivity contribution in [1.82, 2.24) is 25.1 Å². The van der Waals surface area contributed by atoms with Crippen LogP contribution in [-0.4, -0.2) is 44.5 Å². The van der Waals surface area contributed by atoms with E-state index in [1.165, 1.54) is 5.75 Å². The van der Waals surface area contributed by atoms with Crippen molar-refractivity contribution < 1.29 is 4.74 Å². The summed E-state index contributed by atoms with van der Waals surface area (Å²) in [6.45, 7) is 1.87. The fourth-order valence-corrected chi connectivity index (χ4v) is 4.46. The third kappa shape index (κ3) is 2.16. The molecular weight excluding hydrogens is 282 g/mol. The van der Waals surface area contributed by atoms with Crippen molar-refractivity contribution in [3.63, 3.8) is 0 Å². The van der Waals surface area contributed by atoms with Crippen molar-refractivity contribution in [2.45, 2.75) is 25.0 Å². The fraction of sp³-hybridized carbons (Fsp3) is 0.727. The van der Waals surface area contributed by atoms with E-state index in [9.17, 15) is 0 Å². The van der Waals surface area contributed by atoms with Gasteiger partial charge in [-0.15, -0.1) is 10.2 Å². The SMILES string of the molecule is C1COC(c2nnc3sc(C4CSCCN4)nn23)C1. The Morgan fingerprint density at radius 3 is 3.16 bits per heavy atom. The van der Waals surface area contributed by atoms with E-state index >= 15 is 0 Å². The minimum absolute atomic E-state index is 0.0682. The van der Waals surface area contributed by atoms with Crippen LogP contribution in [0.3, 0.4) is 0 Å². The molecule has 0 aromatic carbocycles. The smallest absolute Gasteiger partial charge is 0.234 e. The zero-order chi connectivity index (χ0) is 12.7. The summed E-state index contributed by atoms with van der Waals surface area (Å²) in [5, 5.41) is 17.8. The van der Waals surface area contributed by atoms with Gasteiger partial charge in [0.1, 0.15) is 11.1 Å². The number of hydrogen-bond acceptors (Lipinski definition) is 7. The van der Waals surface area contributed by atoms with Gasteiger partial charge in [0, 0.05) is 24.7 Å². The van der Waals surface area contributed by atoms with E-state index in [1.54, 1.807) is 11.3 Å². The Morgan fingerprint density at radius 1 is 1.37 bits per heavy atom. The average molecular weight is 297 g/mol. The third-order valence-electron chi connectivity index (χ3n) is 3.47. The number of ether oxygens (including phenoxy) is 1. The molecule has 0 radical (unpaired) electrons. The highest BCUT2D eigenvalue weighted by Crippen LogP contribution is 2.30. The van der Waals surface area contributed by atoms with Crippen molar-refractivity contribution in [2.24, 2.45) is 0 Å². The summed E-state index contributed by atoms with van der Waals surface area (Å²) >= 11 is 3.60. The van der Waals surface area contributed by atoms with Crippen LogP contribution in [0.5, 0.6) is 0 Å². The minimum Gasteiger partial charge on any atom is -0.370 e. The van der Waals surface area contributed by atoms with Gasteiger partial charge in [-0.1, -0.05) is 11.3 Å². The second kappa shape index (κ2) is 5.01. The lowest BCUT2D eigenvalue weighted by Gasteiger charge is -2.20. The summed E-state index contributed by atoms with van der Waals surface area (Å²) in [7, 11) is 0. The third-order valence-corrected chi connectivity index (χ3v) is 5.54. The van der Waals surface area contributed by atoms with Gasteiger partial charge in [0.15, 0.2) is 5.82 Å². The number of thioether (sulfide) groups is 1. The van der Waals surface area contributed by atoms with Gasteiger partial charge in [-0.2, -0.15) is 21.4 Å². The first kappa shape index (κ1) is 12.1. The lowest BCUT2D eigenvalue weighted by atomic mass is 10.2. The number of fused-ring (bicyclic) bond motifs is 1. The highest BCUT2D eigenvalue weighted by molar-refractivity contribution is 7.99. The predicted octanol–water partition coefficient (Wildman–Crippen LogP) is 1.41. The number of nitrogens with one attached hydrogen (secondary N) is 1. The summed E-state index contributed by atoms with van der Waals surface area (Å²) in [5.41, 5.74) is 0. The van der Waals surface area contributed by atoms with Crippen LogP contribution in [0.25, 0.3) is 4.96 Å². The van der Waals surface area contributed by atoms with E-state index < -0.39 is 0 Å². The Bertz CT molecular complexity index is 571. The van der Waals surface area contributed by atoms with Crippen molar-refractivity contribution in [2.75, 3.05) is 24.7 Å². The molecule has 19 heavy (non-hydrogen) atoms. The molecule has 4 rings (SSSR count). The van der Waals surface area contributed by atoms with E-state index in [4.69, 9.17) is 9.84 Å². The van der Waals surface area contributed by atoms with Gasteiger partial charge >= 0.3 is 0 Å². The van der Waals surface area contributed by atoms with Crippen molar-refractivity contribution >= 4 is 28.1 Å². The monoisotopic (exact) mass is 297 g/mol. The highest BCUT2D eigenvalue weighted by atomic mass is 32.2. The standard InChI is InChI=1S/C11H15N5OS2/c1-2-8(17-4-1)9-13-14-11-16(9)15-10(19-11)7-6-18-5-3-12-7/h7-8,12H,1-6H2. The van der Waals surface area contributed by atoms with Gasteiger partial charge in [-0.25, -0.2) is 0 Å². The molecule has 6 nitrogen and oxygen atoms in total. The van der Waals surface area contributed by atoms with Crippen LogP contribution in [0.4, 0.5) is 0 Å². The highest BCUT2D eigenvalue weighted by Gasteiger charge is 2.26. The molecular formula is C11H15N5OS2. The van der Waals surface area contributed by atoms with Crippen LogP contribution in [-0.2, 0) is 4.74 Å². The van der Waals surface area contributed by atoms with Crippen LogP contribution in [0, 0.1) is 0 Å². The second-order valence-corrected chi connectivity index (χ2v) is 6.91. The maximum Gasteiger partial charge on any atom is 0.234 e. The first-order valence-corrected chi connectivity index (χ1v) is 8.54. The Hall–Kier alpha value is -0.700. The largest absolute Gasteiger partial charge is 0.370 e. The molecule has 0 aliphatic carbocycles. The number of rotatable bonds is 2. The van der Waals surface area contributed by atoms with Crippen molar-refractivity contribution in [3.8, 4) is 0 Å². The van der Waals surface area contributed by atoms with Crippen LogP contribution in [0.1, 0.15) is 35.8 Å². The maximum atomic E-state index is 5.68. The molecule has 1 N–H and O–H groups in total. The Morgan fingerprint density at radius 2 is 2.37 bits per heavy atom. The normalized spacial score (nSPS) is 28.2. The van der Waals surface area contributed by atoms with Crippen molar-refractivity contribution in [1.29, 1.82) is 0 Å². The first-order chi connectivity index (χ1) is 9.42. The molecule has 4 heterocycles. The summed E-state index contributed by atoms with van der Waals surface area (Å²) in [5.74, 6) is 3.12. The van der Waals surface area contributed by atoms with Gasteiger partial charge in [-0.05, 0) is 12.8 Å². The van der Waals surface area contributed by atoms with Crippen LogP contribution in [0.15, 0.2) is 0 Å². The minimum atomic E-state index is 0.0682. The van der Waals surface area contributed by atoms with Crippen LogP contribution < -0.4 is 5.32 Å². The maximum absolute atomic E-state index is 5.68. The zero-order valence-electron chi connectivity index (χ0n) is 10.4. The van der Waals surface area contributed by atoms with Gasteiger partial charge < -0.3 is 10.1 Å². The lowest BCUT2D eigenvalue weighted by Crippen LogP contribution is -2.30. The molecule has 0 amide bonds. The molecule has 0 bridgehead atoms. The summed E-state index contributed by atoms with van der Waals surface area (Å²) in [6.07, 6.45) is 2.18. The Balaban J connectivity index is 1.67. The van der Waals surface area contributed by atoms with Crippen molar-refractivity contribution in [3.05, 3.63) is 10.8 Å². The molecule has 2 aromatic rings. The van der Waals surface area contributed by atoms with Crippen LogP contribution in [0.2, 0.25) is 0 Å². The Labute approximate surface area is 118 Å². The molecule has 2 saturated heterocycles. The molecule has 102 valence electrons.